The molecule has 106 valence electrons. The summed E-state index contributed by atoms with van der Waals surface area (Å²) in [7, 11) is 1.38. The Hall–Kier alpha value is -2.09. The molecule has 0 fully saturated rings. The van der Waals surface area contributed by atoms with Crippen molar-refractivity contribution >= 4 is 29.2 Å². The van der Waals surface area contributed by atoms with E-state index in [9.17, 15) is 19.7 Å². The van der Waals surface area contributed by atoms with E-state index in [4.69, 9.17) is 9.84 Å². The van der Waals surface area contributed by atoms with Gasteiger partial charge in [-0.25, -0.2) is 0 Å². The van der Waals surface area contributed by atoms with E-state index in [1.807, 2.05) is 0 Å². The summed E-state index contributed by atoms with van der Waals surface area (Å²) in [6.07, 6.45) is -0.189. The zero-order valence-electron chi connectivity index (χ0n) is 10.5. The van der Waals surface area contributed by atoms with Gasteiger partial charge in [-0.3, -0.25) is 19.7 Å². The molecule has 1 unspecified atom stereocenters. The molecule has 1 heterocycles. The molecule has 1 N–H and O–H groups in total. The lowest BCUT2D eigenvalue weighted by atomic mass is 10.0. The number of ketones is 1. The van der Waals surface area contributed by atoms with Crippen LogP contribution in [0, 0.1) is 10.1 Å². The van der Waals surface area contributed by atoms with Crippen LogP contribution in [0.3, 0.4) is 0 Å². The quantitative estimate of drug-likeness (QED) is 0.670. The average molecular weight is 297 g/mol. The summed E-state index contributed by atoms with van der Waals surface area (Å²) in [5.41, 5.74) is -0.0254. The molecule has 0 amide bonds. The Balaban J connectivity index is 2.52. The third-order valence-electron chi connectivity index (χ3n) is 2.89. The van der Waals surface area contributed by atoms with Crippen molar-refractivity contribution in [3.63, 3.8) is 0 Å². The number of aliphatic carboxylic acids is 1. The van der Waals surface area contributed by atoms with E-state index < -0.39 is 16.1 Å². The summed E-state index contributed by atoms with van der Waals surface area (Å²) in [5.74, 6) is -1.09. The number of ether oxygens (including phenoxy) is 1. The number of benzene rings is 1. The van der Waals surface area contributed by atoms with Gasteiger partial charge in [0.25, 0.3) is 5.69 Å². The van der Waals surface area contributed by atoms with Crippen LogP contribution in [0.4, 0.5) is 5.69 Å². The fourth-order valence-corrected chi connectivity index (χ4v) is 3.47. The number of methoxy groups -OCH3 is 1. The van der Waals surface area contributed by atoms with Gasteiger partial charge in [0.05, 0.1) is 24.0 Å². The highest BCUT2D eigenvalue weighted by molar-refractivity contribution is 8.00. The van der Waals surface area contributed by atoms with Crippen LogP contribution in [-0.4, -0.2) is 34.1 Å². The molecular formula is C12H11NO6S. The minimum atomic E-state index is -1.04. The minimum absolute atomic E-state index is 0.0293. The number of thioether (sulfide) groups is 1. The third kappa shape index (κ3) is 2.60. The molecule has 0 saturated carbocycles. The zero-order chi connectivity index (χ0) is 14.9. The maximum atomic E-state index is 12.1. The highest BCUT2D eigenvalue weighted by Gasteiger charge is 2.35. The van der Waals surface area contributed by atoms with Gasteiger partial charge in [0.1, 0.15) is 10.6 Å². The van der Waals surface area contributed by atoms with Gasteiger partial charge >= 0.3 is 5.97 Å². The van der Waals surface area contributed by atoms with Crippen LogP contribution in [-0.2, 0) is 4.79 Å². The van der Waals surface area contributed by atoms with E-state index in [1.165, 1.54) is 19.2 Å². The number of nitro groups is 1. The molecule has 0 aliphatic carbocycles. The monoisotopic (exact) mass is 297 g/mol. The molecule has 0 aromatic heterocycles. The van der Waals surface area contributed by atoms with Gasteiger partial charge in [-0.2, -0.15) is 0 Å². The first kappa shape index (κ1) is 14.3. The summed E-state index contributed by atoms with van der Waals surface area (Å²) in [6.45, 7) is 0. The van der Waals surface area contributed by atoms with E-state index in [1.54, 1.807) is 0 Å². The molecule has 2 rings (SSSR count). The Bertz CT molecular complexity index is 600. The lowest BCUT2D eigenvalue weighted by molar-refractivity contribution is -0.387. The second-order valence-corrected chi connectivity index (χ2v) is 5.52. The number of hydrogen-bond donors (Lipinski definition) is 1. The number of fused-ring (bicyclic) bond motifs is 1. The van der Waals surface area contributed by atoms with Gasteiger partial charge in [0.2, 0.25) is 0 Å². The van der Waals surface area contributed by atoms with E-state index >= 15 is 0 Å². The lowest BCUT2D eigenvalue weighted by Crippen LogP contribution is -2.21. The van der Waals surface area contributed by atoms with Crippen molar-refractivity contribution in [2.45, 2.75) is 23.0 Å². The first-order valence-electron chi connectivity index (χ1n) is 5.71. The Morgan fingerprint density at radius 3 is 2.85 bits per heavy atom. The fraction of sp³-hybridized carbons (Fsp3) is 0.333. The number of carboxylic acid groups (broad SMARTS) is 1. The molecule has 1 aliphatic heterocycles. The summed E-state index contributed by atoms with van der Waals surface area (Å²) in [6, 6.07) is 2.65. The molecule has 0 spiro atoms. The van der Waals surface area contributed by atoms with Crippen LogP contribution < -0.4 is 4.74 Å². The summed E-state index contributed by atoms with van der Waals surface area (Å²) >= 11 is 1.05. The number of hydrogen-bond acceptors (Lipinski definition) is 6. The van der Waals surface area contributed by atoms with E-state index in [-0.39, 0.29) is 40.5 Å². The van der Waals surface area contributed by atoms with Crippen LogP contribution in [0.2, 0.25) is 0 Å². The van der Waals surface area contributed by atoms with Crippen molar-refractivity contribution in [2.75, 3.05) is 7.11 Å². The largest absolute Gasteiger partial charge is 0.496 e. The molecular weight excluding hydrogens is 286 g/mol. The van der Waals surface area contributed by atoms with Crippen molar-refractivity contribution in [2.24, 2.45) is 0 Å². The van der Waals surface area contributed by atoms with Gasteiger partial charge in [-0.05, 0) is 6.07 Å². The third-order valence-corrected chi connectivity index (χ3v) is 4.21. The molecule has 1 aromatic carbocycles. The van der Waals surface area contributed by atoms with Crippen molar-refractivity contribution in [1.29, 1.82) is 0 Å². The maximum absolute atomic E-state index is 12.1. The molecule has 20 heavy (non-hydrogen) atoms. The molecule has 8 heteroatoms. The van der Waals surface area contributed by atoms with E-state index in [0.717, 1.165) is 11.8 Å². The number of rotatable bonds is 4. The highest BCUT2D eigenvalue weighted by atomic mass is 32.2. The van der Waals surface area contributed by atoms with Crippen LogP contribution in [0.1, 0.15) is 23.2 Å². The SMILES string of the molecule is COc1ccc([N+](=O)[O-])c2c1C(=O)CC(CC(=O)O)S2. The first-order chi connectivity index (χ1) is 9.43. The standard InChI is InChI=1S/C12H11NO6S/c1-19-9-3-2-7(13(17)18)12-11(9)8(14)4-6(20-12)5-10(15)16/h2-3,6H,4-5H2,1H3,(H,15,16). The zero-order valence-corrected chi connectivity index (χ0v) is 11.3. The van der Waals surface area contributed by atoms with Crippen molar-refractivity contribution in [3.8, 4) is 5.75 Å². The number of carbonyl (C=O) groups is 2. The fourth-order valence-electron chi connectivity index (χ4n) is 2.08. The Labute approximate surface area is 118 Å². The Morgan fingerprint density at radius 2 is 2.30 bits per heavy atom. The second-order valence-electron chi connectivity index (χ2n) is 4.21. The smallest absolute Gasteiger partial charge is 0.304 e. The maximum Gasteiger partial charge on any atom is 0.304 e. The average Bonchev–Trinajstić information content (AvgIpc) is 2.36. The van der Waals surface area contributed by atoms with Gasteiger partial charge < -0.3 is 9.84 Å². The molecule has 0 bridgehead atoms. The molecule has 0 radical (unpaired) electrons. The topological polar surface area (TPSA) is 107 Å². The minimum Gasteiger partial charge on any atom is -0.496 e. The van der Waals surface area contributed by atoms with Crippen LogP contribution in [0.15, 0.2) is 17.0 Å². The van der Waals surface area contributed by atoms with Crippen LogP contribution in [0.5, 0.6) is 5.75 Å². The van der Waals surface area contributed by atoms with Crippen molar-refractivity contribution in [3.05, 3.63) is 27.8 Å². The highest BCUT2D eigenvalue weighted by Crippen LogP contribution is 2.45. The Morgan fingerprint density at radius 1 is 1.60 bits per heavy atom. The number of nitrogens with zero attached hydrogens (tertiary/aromatic N) is 1. The Kier molecular flexibility index (Phi) is 3.93. The van der Waals surface area contributed by atoms with E-state index in [0.29, 0.717) is 0 Å². The van der Waals surface area contributed by atoms with Gasteiger partial charge in [-0.1, -0.05) is 0 Å². The van der Waals surface area contributed by atoms with Gasteiger partial charge in [-0.15, -0.1) is 11.8 Å². The second kappa shape index (κ2) is 5.49. The van der Waals surface area contributed by atoms with Gasteiger partial charge in [0.15, 0.2) is 5.78 Å². The predicted molar refractivity (Wildman–Crippen MR) is 70.5 cm³/mol. The first-order valence-corrected chi connectivity index (χ1v) is 6.59. The van der Waals surface area contributed by atoms with Crippen LogP contribution >= 0.6 is 11.8 Å². The lowest BCUT2D eigenvalue weighted by Gasteiger charge is -2.23. The molecule has 1 atom stereocenters. The van der Waals surface area contributed by atoms with Crippen molar-refractivity contribution < 1.29 is 24.4 Å². The predicted octanol–water partition coefficient (Wildman–Crippen LogP) is 2.13. The number of Topliss-reactive ketones (excluding diaryl/α,β-unsaturated/α-hetero) is 1. The summed E-state index contributed by atoms with van der Waals surface area (Å²) < 4.78 is 5.06. The summed E-state index contributed by atoms with van der Waals surface area (Å²) in [4.78, 5) is 33.5. The molecule has 7 nitrogen and oxygen atoms in total. The number of nitro benzene ring substituents is 1. The molecule has 1 aliphatic rings. The molecule has 0 saturated heterocycles. The van der Waals surface area contributed by atoms with Gasteiger partial charge in [0, 0.05) is 17.7 Å². The number of carboxylic acids is 1. The van der Waals surface area contributed by atoms with Crippen molar-refractivity contribution in [1.82, 2.24) is 0 Å². The summed E-state index contributed by atoms with van der Waals surface area (Å²) in [5, 5.41) is 19.3. The van der Waals surface area contributed by atoms with Crippen LogP contribution in [0.25, 0.3) is 0 Å². The normalized spacial score (nSPS) is 17.4. The molecule has 1 aromatic rings. The van der Waals surface area contributed by atoms with E-state index in [2.05, 4.69) is 0 Å². The number of carbonyl (C=O) groups excluding carboxylic acids is 1.